The second kappa shape index (κ2) is 6.97. The Labute approximate surface area is 104 Å². The average molecular weight is 242 g/mol. The van der Waals surface area contributed by atoms with Crippen LogP contribution in [0.1, 0.15) is 45.4 Å². The number of nitrogens with one attached hydrogen (secondary N) is 1. The van der Waals surface area contributed by atoms with Crippen LogP contribution in [0.5, 0.6) is 0 Å². The summed E-state index contributed by atoms with van der Waals surface area (Å²) in [6, 6.07) is 0.160. The average Bonchev–Trinajstić information content (AvgIpc) is 2.37. The van der Waals surface area contributed by atoms with Crippen molar-refractivity contribution in [3.8, 4) is 0 Å². The van der Waals surface area contributed by atoms with Crippen LogP contribution in [0.25, 0.3) is 0 Å². The van der Waals surface area contributed by atoms with E-state index in [-0.39, 0.29) is 17.4 Å². The molecule has 0 radical (unpaired) electrons. The maximum absolute atomic E-state index is 12.3. The SMILES string of the molecule is COCCC(C)NC(=O)C1(CN)CCCCC1. The Morgan fingerprint density at radius 2 is 2.06 bits per heavy atom. The molecule has 0 heterocycles. The zero-order chi connectivity index (χ0) is 12.7. The predicted molar refractivity (Wildman–Crippen MR) is 68.7 cm³/mol. The van der Waals surface area contributed by atoms with Gasteiger partial charge in [0.25, 0.3) is 0 Å². The quantitative estimate of drug-likeness (QED) is 0.740. The molecule has 100 valence electrons. The molecule has 1 rings (SSSR count). The minimum absolute atomic E-state index is 0.142. The first-order valence-electron chi connectivity index (χ1n) is 6.64. The smallest absolute Gasteiger partial charge is 0.227 e. The van der Waals surface area contributed by atoms with Crippen LogP contribution in [-0.2, 0) is 9.53 Å². The summed E-state index contributed by atoms with van der Waals surface area (Å²) >= 11 is 0. The lowest BCUT2D eigenvalue weighted by molar-refractivity contribution is -0.133. The zero-order valence-corrected chi connectivity index (χ0v) is 11.1. The van der Waals surface area contributed by atoms with E-state index < -0.39 is 0 Å². The molecule has 1 amide bonds. The number of hydrogen-bond donors (Lipinski definition) is 2. The molecular formula is C13H26N2O2. The molecule has 1 atom stereocenters. The molecule has 0 bridgehead atoms. The molecule has 1 unspecified atom stereocenters. The first-order chi connectivity index (χ1) is 8.14. The van der Waals surface area contributed by atoms with E-state index in [2.05, 4.69) is 5.32 Å². The van der Waals surface area contributed by atoms with E-state index in [0.29, 0.717) is 13.2 Å². The van der Waals surface area contributed by atoms with Crippen molar-refractivity contribution in [1.82, 2.24) is 5.32 Å². The largest absolute Gasteiger partial charge is 0.385 e. The molecule has 0 aromatic carbocycles. The lowest BCUT2D eigenvalue weighted by atomic mass is 9.73. The minimum atomic E-state index is -0.306. The monoisotopic (exact) mass is 242 g/mol. The first kappa shape index (κ1) is 14.5. The van der Waals surface area contributed by atoms with Crippen LogP contribution in [0.3, 0.4) is 0 Å². The standard InChI is InChI=1S/C13H26N2O2/c1-11(6-9-17-2)15-12(16)13(10-14)7-4-3-5-8-13/h11H,3-10,14H2,1-2H3,(H,15,16). The van der Waals surface area contributed by atoms with Gasteiger partial charge in [0.1, 0.15) is 0 Å². The Morgan fingerprint density at radius 3 is 2.59 bits per heavy atom. The Bertz CT molecular complexity index is 238. The fourth-order valence-electron chi connectivity index (χ4n) is 2.50. The van der Waals surface area contributed by atoms with Gasteiger partial charge in [0.2, 0.25) is 5.91 Å². The molecule has 0 spiro atoms. The van der Waals surface area contributed by atoms with Crippen molar-refractivity contribution in [2.45, 2.75) is 51.5 Å². The van der Waals surface area contributed by atoms with Gasteiger partial charge in [-0.1, -0.05) is 19.3 Å². The van der Waals surface area contributed by atoms with E-state index in [1.807, 2.05) is 6.92 Å². The number of amides is 1. The number of rotatable bonds is 6. The fraction of sp³-hybridized carbons (Fsp3) is 0.923. The van der Waals surface area contributed by atoms with Crippen molar-refractivity contribution >= 4 is 5.91 Å². The minimum Gasteiger partial charge on any atom is -0.385 e. The number of methoxy groups -OCH3 is 1. The van der Waals surface area contributed by atoms with E-state index >= 15 is 0 Å². The van der Waals surface area contributed by atoms with Crippen LogP contribution in [0.2, 0.25) is 0 Å². The van der Waals surface area contributed by atoms with Crippen molar-refractivity contribution < 1.29 is 9.53 Å². The second-order valence-electron chi connectivity index (χ2n) is 5.20. The maximum Gasteiger partial charge on any atom is 0.227 e. The van der Waals surface area contributed by atoms with Crippen LogP contribution in [0.4, 0.5) is 0 Å². The molecule has 0 aliphatic heterocycles. The number of carbonyl (C=O) groups is 1. The van der Waals surface area contributed by atoms with Crippen molar-refractivity contribution in [1.29, 1.82) is 0 Å². The van der Waals surface area contributed by atoms with E-state index in [9.17, 15) is 4.79 Å². The summed E-state index contributed by atoms with van der Waals surface area (Å²) in [5.74, 6) is 0.142. The number of nitrogens with two attached hydrogens (primary N) is 1. The molecule has 1 fully saturated rings. The third-order valence-corrected chi connectivity index (χ3v) is 3.82. The molecule has 1 aliphatic rings. The van der Waals surface area contributed by atoms with Gasteiger partial charge in [0.15, 0.2) is 0 Å². The van der Waals surface area contributed by atoms with Crippen LogP contribution in [-0.4, -0.2) is 32.2 Å². The van der Waals surface area contributed by atoms with Gasteiger partial charge in [0.05, 0.1) is 5.41 Å². The maximum atomic E-state index is 12.3. The van der Waals surface area contributed by atoms with Gasteiger partial charge < -0.3 is 15.8 Å². The Kier molecular flexibility index (Phi) is 5.92. The van der Waals surface area contributed by atoms with Gasteiger partial charge in [-0.05, 0) is 26.2 Å². The van der Waals surface area contributed by atoms with Gasteiger partial charge in [0, 0.05) is 26.3 Å². The van der Waals surface area contributed by atoms with Crippen LogP contribution < -0.4 is 11.1 Å². The number of ether oxygens (including phenoxy) is 1. The molecule has 3 N–H and O–H groups in total. The Hall–Kier alpha value is -0.610. The molecule has 4 nitrogen and oxygen atoms in total. The van der Waals surface area contributed by atoms with E-state index in [1.165, 1.54) is 6.42 Å². The summed E-state index contributed by atoms with van der Waals surface area (Å²) in [6.45, 7) is 3.16. The van der Waals surface area contributed by atoms with Gasteiger partial charge in [-0.15, -0.1) is 0 Å². The lowest BCUT2D eigenvalue weighted by Crippen LogP contribution is -2.49. The predicted octanol–water partition coefficient (Wildman–Crippen LogP) is 1.44. The number of hydrogen-bond acceptors (Lipinski definition) is 3. The second-order valence-corrected chi connectivity index (χ2v) is 5.20. The summed E-state index contributed by atoms with van der Waals surface area (Å²) in [7, 11) is 1.68. The third kappa shape index (κ3) is 3.96. The summed E-state index contributed by atoms with van der Waals surface area (Å²) in [5.41, 5.74) is 5.52. The summed E-state index contributed by atoms with van der Waals surface area (Å²) in [4.78, 5) is 12.3. The van der Waals surface area contributed by atoms with Gasteiger partial charge in [-0.3, -0.25) is 4.79 Å². The van der Waals surface area contributed by atoms with Crippen LogP contribution >= 0.6 is 0 Å². The molecule has 0 saturated heterocycles. The molecule has 1 saturated carbocycles. The van der Waals surface area contributed by atoms with Crippen molar-refractivity contribution in [3.63, 3.8) is 0 Å². The number of carbonyl (C=O) groups excluding carboxylic acids is 1. The molecule has 1 aliphatic carbocycles. The molecule has 0 aromatic rings. The first-order valence-corrected chi connectivity index (χ1v) is 6.64. The summed E-state index contributed by atoms with van der Waals surface area (Å²) in [6.07, 6.45) is 6.20. The highest BCUT2D eigenvalue weighted by molar-refractivity contribution is 5.83. The highest BCUT2D eigenvalue weighted by Gasteiger charge is 2.38. The summed E-state index contributed by atoms with van der Waals surface area (Å²) in [5, 5.41) is 3.08. The molecule has 17 heavy (non-hydrogen) atoms. The van der Waals surface area contributed by atoms with Gasteiger partial charge in [-0.2, -0.15) is 0 Å². The van der Waals surface area contributed by atoms with E-state index in [4.69, 9.17) is 10.5 Å². The van der Waals surface area contributed by atoms with Crippen molar-refractivity contribution in [2.75, 3.05) is 20.3 Å². The van der Waals surface area contributed by atoms with E-state index in [1.54, 1.807) is 7.11 Å². The highest BCUT2D eigenvalue weighted by Crippen LogP contribution is 2.35. The van der Waals surface area contributed by atoms with Crippen molar-refractivity contribution in [3.05, 3.63) is 0 Å². The van der Waals surface area contributed by atoms with Gasteiger partial charge >= 0.3 is 0 Å². The molecule has 0 aromatic heterocycles. The van der Waals surface area contributed by atoms with Crippen LogP contribution in [0.15, 0.2) is 0 Å². The fourth-order valence-corrected chi connectivity index (χ4v) is 2.50. The third-order valence-electron chi connectivity index (χ3n) is 3.82. The highest BCUT2D eigenvalue weighted by atomic mass is 16.5. The lowest BCUT2D eigenvalue weighted by Gasteiger charge is -2.35. The van der Waals surface area contributed by atoms with Crippen molar-refractivity contribution in [2.24, 2.45) is 11.1 Å². The Morgan fingerprint density at radius 1 is 1.41 bits per heavy atom. The normalized spacial score (nSPS) is 20.9. The van der Waals surface area contributed by atoms with E-state index in [0.717, 1.165) is 32.1 Å². The summed E-state index contributed by atoms with van der Waals surface area (Å²) < 4.78 is 5.02. The topological polar surface area (TPSA) is 64.3 Å². The Balaban J connectivity index is 2.48. The molecular weight excluding hydrogens is 216 g/mol. The molecule has 4 heteroatoms. The van der Waals surface area contributed by atoms with Gasteiger partial charge in [-0.25, -0.2) is 0 Å². The zero-order valence-electron chi connectivity index (χ0n) is 11.1. The van der Waals surface area contributed by atoms with Crippen LogP contribution in [0, 0.1) is 5.41 Å².